The first-order chi connectivity index (χ1) is 14.6. The molecule has 1 unspecified atom stereocenters. The maximum absolute atomic E-state index is 10.3. The van der Waals surface area contributed by atoms with E-state index < -0.39 is 6.10 Å². The first-order valence-corrected chi connectivity index (χ1v) is 11.8. The van der Waals surface area contributed by atoms with E-state index in [4.69, 9.17) is 4.74 Å². The predicted molar refractivity (Wildman–Crippen MR) is 139 cm³/mol. The fraction of sp³-hybridized carbons (Fsp3) is 0.708. The van der Waals surface area contributed by atoms with E-state index in [9.17, 15) is 5.11 Å². The van der Waals surface area contributed by atoms with E-state index in [-0.39, 0.29) is 30.6 Å². The Morgan fingerprint density at radius 2 is 1.94 bits per heavy atom. The molecule has 31 heavy (non-hydrogen) atoms. The van der Waals surface area contributed by atoms with E-state index >= 15 is 0 Å². The molecule has 0 spiro atoms. The number of guanidine groups is 1. The second kappa shape index (κ2) is 14.2. The van der Waals surface area contributed by atoms with E-state index in [1.54, 1.807) is 0 Å². The zero-order valence-corrected chi connectivity index (χ0v) is 21.5. The second-order valence-corrected chi connectivity index (χ2v) is 8.75. The summed E-state index contributed by atoms with van der Waals surface area (Å²) in [7, 11) is 0. The van der Waals surface area contributed by atoms with Gasteiger partial charge in [0.15, 0.2) is 5.96 Å². The summed E-state index contributed by atoms with van der Waals surface area (Å²) < 4.78 is 5.69. The molecule has 1 aromatic carbocycles. The van der Waals surface area contributed by atoms with Gasteiger partial charge in [-0.25, -0.2) is 0 Å². The molecule has 7 heteroatoms. The minimum absolute atomic E-state index is 0. The van der Waals surface area contributed by atoms with Gasteiger partial charge in [0.05, 0.1) is 6.54 Å². The van der Waals surface area contributed by atoms with E-state index in [1.165, 1.54) is 45.2 Å². The molecule has 176 valence electrons. The summed E-state index contributed by atoms with van der Waals surface area (Å²) in [6.45, 7) is 7.82. The van der Waals surface area contributed by atoms with Crippen molar-refractivity contribution in [1.82, 2.24) is 15.5 Å². The number of piperidine rings is 1. The molecule has 6 nitrogen and oxygen atoms in total. The summed E-state index contributed by atoms with van der Waals surface area (Å²) in [4.78, 5) is 7.30. The average molecular weight is 545 g/mol. The molecule has 0 bridgehead atoms. The van der Waals surface area contributed by atoms with E-state index in [1.807, 2.05) is 31.2 Å². The van der Waals surface area contributed by atoms with Crippen molar-refractivity contribution in [3.05, 3.63) is 29.8 Å². The third-order valence-corrected chi connectivity index (χ3v) is 6.20. The Morgan fingerprint density at radius 3 is 2.61 bits per heavy atom. The topological polar surface area (TPSA) is 69.1 Å². The summed E-state index contributed by atoms with van der Waals surface area (Å²) in [6, 6.07) is 9.13. The molecule has 0 aromatic heterocycles. The van der Waals surface area contributed by atoms with Crippen LogP contribution < -0.4 is 15.4 Å². The molecule has 0 radical (unpaired) electrons. The number of ether oxygens (including phenoxy) is 1. The molecule has 1 heterocycles. The number of likely N-dealkylation sites (tertiary alicyclic amines) is 1. The molecule has 3 rings (SSSR count). The number of halogens is 1. The Kier molecular flexibility index (Phi) is 12.0. The lowest BCUT2D eigenvalue weighted by molar-refractivity contribution is 0.114. The van der Waals surface area contributed by atoms with E-state index in [0.29, 0.717) is 12.6 Å². The highest BCUT2D eigenvalue weighted by atomic mass is 127. The van der Waals surface area contributed by atoms with Crippen molar-refractivity contribution < 1.29 is 9.84 Å². The van der Waals surface area contributed by atoms with Crippen molar-refractivity contribution in [2.45, 2.75) is 77.0 Å². The monoisotopic (exact) mass is 544 g/mol. The van der Waals surface area contributed by atoms with Gasteiger partial charge in [-0.15, -0.1) is 24.0 Å². The first kappa shape index (κ1) is 26.2. The molecular weight excluding hydrogens is 503 g/mol. The summed E-state index contributed by atoms with van der Waals surface area (Å²) >= 11 is 0. The summed E-state index contributed by atoms with van der Waals surface area (Å²) in [5.74, 6) is 1.58. The fourth-order valence-corrected chi connectivity index (χ4v) is 4.52. The quantitative estimate of drug-likeness (QED) is 0.265. The van der Waals surface area contributed by atoms with Crippen molar-refractivity contribution in [3.8, 4) is 5.75 Å². The van der Waals surface area contributed by atoms with Crippen LogP contribution in [0.5, 0.6) is 5.75 Å². The number of nitrogens with zero attached hydrogens (tertiary/aromatic N) is 2. The third-order valence-electron chi connectivity index (χ3n) is 6.20. The average Bonchev–Trinajstić information content (AvgIpc) is 2.77. The second-order valence-electron chi connectivity index (χ2n) is 8.75. The fourth-order valence-electron chi connectivity index (χ4n) is 4.52. The molecule has 1 saturated carbocycles. The van der Waals surface area contributed by atoms with Gasteiger partial charge in [0, 0.05) is 31.7 Å². The summed E-state index contributed by atoms with van der Waals surface area (Å²) in [6.07, 6.45) is 8.65. The third kappa shape index (κ3) is 9.14. The van der Waals surface area contributed by atoms with Crippen LogP contribution in [0.2, 0.25) is 0 Å². The van der Waals surface area contributed by atoms with Crippen molar-refractivity contribution in [3.63, 3.8) is 0 Å². The Morgan fingerprint density at radius 1 is 1.19 bits per heavy atom. The molecule has 0 amide bonds. The number of hydrogen-bond acceptors (Lipinski definition) is 4. The van der Waals surface area contributed by atoms with Gasteiger partial charge in [0.1, 0.15) is 18.5 Å². The van der Waals surface area contributed by atoms with E-state index in [0.717, 1.165) is 42.7 Å². The van der Waals surface area contributed by atoms with Crippen molar-refractivity contribution >= 4 is 29.9 Å². The molecular formula is C24H41IN4O2. The van der Waals surface area contributed by atoms with Gasteiger partial charge in [-0.1, -0.05) is 31.4 Å². The molecule has 1 aliphatic heterocycles. The summed E-state index contributed by atoms with van der Waals surface area (Å²) in [5.41, 5.74) is 1.15. The van der Waals surface area contributed by atoms with Crippen LogP contribution in [0.1, 0.15) is 57.4 Å². The van der Waals surface area contributed by atoms with Gasteiger partial charge in [0.25, 0.3) is 0 Å². The van der Waals surface area contributed by atoms with Crippen molar-refractivity contribution in [2.75, 3.05) is 32.8 Å². The highest BCUT2D eigenvalue weighted by Gasteiger charge is 2.26. The van der Waals surface area contributed by atoms with Crippen LogP contribution in [0.15, 0.2) is 29.3 Å². The van der Waals surface area contributed by atoms with Gasteiger partial charge in [-0.05, 0) is 57.2 Å². The van der Waals surface area contributed by atoms with Crippen LogP contribution in [0.3, 0.4) is 0 Å². The van der Waals surface area contributed by atoms with Crippen LogP contribution in [-0.4, -0.2) is 66.9 Å². The van der Waals surface area contributed by atoms with Crippen molar-refractivity contribution in [2.24, 2.45) is 4.99 Å². The van der Waals surface area contributed by atoms with Gasteiger partial charge < -0.3 is 25.4 Å². The zero-order chi connectivity index (χ0) is 21.2. The maximum atomic E-state index is 10.3. The number of aryl methyl sites for hydroxylation is 1. The maximum Gasteiger partial charge on any atom is 0.191 e. The number of aliphatic hydroxyl groups is 1. The lowest BCUT2D eigenvalue weighted by Crippen LogP contribution is -2.51. The van der Waals surface area contributed by atoms with Crippen LogP contribution in [-0.2, 0) is 0 Å². The number of aliphatic hydroxyl groups excluding tert-OH is 1. The largest absolute Gasteiger partial charge is 0.491 e. The smallest absolute Gasteiger partial charge is 0.191 e. The SMILES string of the molecule is CCNC(=NCC(O)COc1cccc(C)c1)NC1CCN(C2CCCCC2)CC1.I. The highest BCUT2D eigenvalue weighted by molar-refractivity contribution is 14.0. The number of nitrogens with one attached hydrogen (secondary N) is 2. The minimum Gasteiger partial charge on any atom is -0.491 e. The number of rotatable bonds is 8. The van der Waals surface area contributed by atoms with Crippen molar-refractivity contribution in [1.29, 1.82) is 0 Å². The van der Waals surface area contributed by atoms with Gasteiger partial charge >= 0.3 is 0 Å². The normalized spacial score (nSPS) is 20.0. The van der Waals surface area contributed by atoms with Gasteiger partial charge in [-0.3, -0.25) is 4.99 Å². The van der Waals surface area contributed by atoms with Crippen LogP contribution in [0.4, 0.5) is 0 Å². The first-order valence-electron chi connectivity index (χ1n) is 11.8. The minimum atomic E-state index is -0.630. The van der Waals surface area contributed by atoms with Gasteiger partial charge in [0.2, 0.25) is 0 Å². The standard InChI is InChI=1S/C24H40N4O2.HI/c1-3-25-24(26-17-22(29)18-30-23-11-7-8-19(2)16-23)27-20-12-14-28(15-13-20)21-9-5-4-6-10-21;/h7-8,11,16,20-22,29H,3-6,9-10,12-15,17-18H2,1-2H3,(H2,25,26,27);1H. The Labute approximate surface area is 205 Å². The lowest BCUT2D eigenvalue weighted by atomic mass is 9.92. The van der Waals surface area contributed by atoms with Crippen LogP contribution in [0.25, 0.3) is 0 Å². The highest BCUT2D eigenvalue weighted by Crippen LogP contribution is 2.25. The molecule has 1 saturated heterocycles. The molecule has 1 aliphatic carbocycles. The molecule has 1 aromatic rings. The Hall–Kier alpha value is -1.06. The predicted octanol–water partition coefficient (Wildman–Crippen LogP) is 3.70. The van der Waals surface area contributed by atoms with E-state index in [2.05, 4.69) is 27.4 Å². The molecule has 3 N–H and O–H groups in total. The molecule has 1 atom stereocenters. The number of benzene rings is 1. The number of aliphatic imine (C=N–C) groups is 1. The van der Waals surface area contributed by atoms with Crippen LogP contribution >= 0.6 is 24.0 Å². The zero-order valence-electron chi connectivity index (χ0n) is 19.2. The molecule has 2 aliphatic rings. The summed E-state index contributed by atoms with van der Waals surface area (Å²) in [5, 5.41) is 17.2. The van der Waals surface area contributed by atoms with Gasteiger partial charge in [-0.2, -0.15) is 0 Å². The number of hydrogen-bond donors (Lipinski definition) is 3. The Bertz CT molecular complexity index is 659. The molecule has 2 fully saturated rings. The lowest BCUT2D eigenvalue weighted by Gasteiger charge is -2.39. The van der Waals surface area contributed by atoms with Crippen LogP contribution in [0, 0.1) is 6.92 Å². The Balaban J connectivity index is 0.00000341.